The first-order valence-electron chi connectivity index (χ1n) is 34.9. The number of halogens is 2. The zero-order valence-electron chi connectivity index (χ0n) is 61.4. The summed E-state index contributed by atoms with van der Waals surface area (Å²) in [6.45, 7) is 26.0. The Bertz CT molecular complexity index is 3530. The van der Waals surface area contributed by atoms with Crippen LogP contribution in [0.15, 0.2) is 47.4 Å². The first kappa shape index (κ1) is 85.5. The molecule has 6 amide bonds. The van der Waals surface area contributed by atoms with Crippen molar-refractivity contribution < 1.29 is 98.6 Å². The number of hydrogen-bond acceptors (Lipinski definition) is 23. The third kappa shape index (κ3) is 26.2. The first-order valence-corrected chi connectivity index (χ1v) is 38.5. The molecule has 0 radical (unpaired) electrons. The van der Waals surface area contributed by atoms with Crippen molar-refractivity contribution in [3.8, 4) is 32.4 Å². The predicted molar refractivity (Wildman–Crippen MR) is 382 cm³/mol. The lowest BCUT2D eigenvalue weighted by Crippen LogP contribution is -2.59. The van der Waals surface area contributed by atoms with E-state index in [1.807, 2.05) is 65.8 Å². The molecule has 576 valence electrons. The molecule has 4 heterocycles. The number of thiazole rings is 2. The second-order valence-corrected chi connectivity index (χ2v) is 31.2. The number of nitrogens with one attached hydrogen (secondary N) is 4. The van der Waals surface area contributed by atoms with Crippen molar-refractivity contribution >= 4 is 68.2 Å². The summed E-state index contributed by atoms with van der Waals surface area (Å²) in [4.78, 5) is 92.0. The topological polar surface area (TPSA) is 351 Å². The Labute approximate surface area is 611 Å². The summed E-state index contributed by atoms with van der Waals surface area (Å²) in [5, 5.41) is 42.1. The zero-order valence-corrected chi connectivity index (χ0v) is 63.9. The van der Waals surface area contributed by atoms with Crippen LogP contribution in [0.25, 0.3) is 20.9 Å². The van der Waals surface area contributed by atoms with Crippen LogP contribution in [0.1, 0.15) is 143 Å². The van der Waals surface area contributed by atoms with Crippen LogP contribution in [-0.4, -0.2) is 225 Å². The van der Waals surface area contributed by atoms with Crippen LogP contribution >= 0.6 is 22.7 Å². The maximum Gasteiger partial charge on any atom is 0.264 e. The number of aromatic nitrogens is 2. The molecular weight excluding hydrogens is 1400 g/mol. The van der Waals surface area contributed by atoms with E-state index in [4.69, 9.17) is 33.2 Å². The number of hydrogen-bond donors (Lipinski definition) is 7. The van der Waals surface area contributed by atoms with Gasteiger partial charge in [0.15, 0.2) is 23.9 Å². The van der Waals surface area contributed by atoms with Crippen molar-refractivity contribution in [3.05, 3.63) is 69.9 Å². The van der Waals surface area contributed by atoms with E-state index < -0.39 is 110 Å². The van der Waals surface area contributed by atoms with Gasteiger partial charge in [0.25, 0.3) is 21.9 Å². The third-order valence-electron chi connectivity index (χ3n) is 17.1. The molecule has 7 N–H and O–H groups in total. The fourth-order valence-corrected chi connectivity index (χ4v) is 13.2. The van der Waals surface area contributed by atoms with E-state index in [0.29, 0.717) is 83.6 Å². The van der Waals surface area contributed by atoms with Gasteiger partial charge in [-0.05, 0) is 108 Å². The first-order chi connectivity index (χ1) is 48.6. The number of aliphatic hydroxyl groups excluding tert-OH is 2. The number of ether oxygens (including phenoxy) is 7. The number of nitrogens with zero attached hydrogens (tertiary/aromatic N) is 4. The normalized spacial score (nSPS) is 18.8. The van der Waals surface area contributed by atoms with Crippen LogP contribution in [0.3, 0.4) is 0 Å². The summed E-state index contributed by atoms with van der Waals surface area (Å²) in [5.41, 5.74) is 2.83. The van der Waals surface area contributed by atoms with Crippen LogP contribution in [0.5, 0.6) is 11.5 Å². The van der Waals surface area contributed by atoms with E-state index in [1.165, 1.54) is 32.5 Å². The summed E-state index contributed by atoms with van der Waals surface area (Å²) < 4.78 is 93.5. The molecule has 6 atom stereocenters. The van der Waals surface area contributed by atoms with Gasteiger partial charge in [-0.1, -0.05) is 65.8 Å². The number of phenols is 1. The Balaban J connectivity index is 0.000000271. The number of aryl methyl sites for hydroxylation is 2. The summed E-state index contributed by atoms with van der Waals surface area (Å²) in [6, 6.07) is 6.84. The average Bonchev–Trinajstić information content (AvgIpc) is 1.66. The molecule has 2 aromatic carbocycles. The summed E-state index contributed by atoms with van der Waals surface area (Å²) in [5.74, 6) is -3.07. The molecule has 0 spiro atoms. The maximum atomic E-state index is 14.5. The molecule has 2 saturated carbocycles. The van der Waals surface area contributed by atoms with E-state index in [9.17, 15) is 61.3 Å². The quantitative estimate of drug-likeness (QED) is 0.0135. The van der Waals surface area contributed by atoms with Crippen LogP contribution < -0.4 is 26.0 Å². The molecule has 103 heavy (non-hydrogen) atoms. The van der Waals surface area contributed by atoms with Crippen LogP contribution in [-0.2, 0) is 84.6 Å². The Morgan fingerprint density at radius 1 is 0.621 bits per heavy atom. The standard InChI is InChI=1S/C35H51FN4O8S.C26H33FN4O5S.C10H22O6S/c1-7-46-28(47-8-2)20-45-14-9-15-48-27-16-23(29-22(3)38-21-49-29)10-11-24(27)18-37-31(42)26-17-25(41)19-40(26)32(43)30(34(4,5)6)39-33(44)35(36)12-13-35;1-14-20(37-13-29-14)15-5-6-16(19(33)9-15)11-28-22(34)18-10-17(32)12-31(18)23(35)21(25(2,3)4)30-24(36)26(27)7-8-26;1-4-14-10(15-5-2)9-13-7-6-8-16-17(3,11)12/h10-11,16,21,25-26,28,30,41H,7-9,12-15,17-20H2,1-6H3,(H,37,42)(H,39,44);5-6,9,13,17-18,21,32-33H,7-8,10-12H2,1-4H3,(H,28,34)(H,30,36);10H,4-9H2,1-3H3/t25-,26+,30-;17-,18+,21-;/m11./s1. The van der Waals surface area contributed by atoms with E-state index >= 15 is 0 Å². The summed E-state index contributed by atoms with van der Waals surface area (Å²) in [7, 11) is -3.35. The number of benzene rings is 2. The number of β-amino-alcohol motifs (C(OH)–C–C–N with tert-alkyl or cyclic N) is 2. The largest absolute Gasteiger partial charge is 0.508 e. The fraction of sp³-hybridized carbons (Fsp3) is 0.662. The van der Waals surface area contributed by atoms with Gasteiger partial charge in [-0.3, -0.25) is 33.0 Å². The van der Waals surface area contributed by atoms with Crippen molar-refractivity contribution in [3.63, 3.8) is 0 Å². The molecule has 4 aromatic rings. The number of likely N-dealkylation sites (tertiary alicyclic amines) is 2. The molecule has 0 bridgehead atoms. The molecule has 32 heteroatoms. The molecule has 8 rings (SSSR count). The lowest BCUT2D eigenvalue weighted by molar-refractivity contribution is -0.167. The van der Waals surface area contributed by atoms with Gasteiger partial charge >= 0.3 is 0 Å². The zero-order chi connectivity index (χ0) is 76.0. The molecule has 0 unspecified atom stereocenters. The van der Waals surface area contributed by atoms with Crippen LogP contribution in [0.2, 0.25) is 0 Å². The highest BCUT2D eigenvalue weighted by Gasteiger charge is 2.55. The van der Waals surface area contributed by atoms with Crippen molar-refractivity contribution in [1.82, 2.24) is 41.0 Å². The minimum absolute atomic E-state index is 0.0146. The lowest BCUT2D eigenvalue weighted by atomic mass is 9.85. The average molecular weight is 1510 g/mol. The highest BCUT2D eigenvalue weighted by atomic mass is 32.2. The Morgan fingerprint density at radius 2 is 1.02 bits per heavy atom. The Morgan fingerprint density at radius 3 is 1.39 bits per heavy atom. The third-order valence-corrected chi connectivity index (χ3v) is 19.7. The number of rotatable bonds is 36. The number of carbonyl (C=O) groups excluding carboxylic acids is 6. The maximum absolute atomic E-state index is 14.5. The SMILES string of the molecule is CCOC(COCCCOS(C)(=O)=O)OCC.CCOC(COCCCOc1cc(-c2scnc2C)ccc1CNC(=O)[C@@H]1C[C@@H](O)CN1C(=O)[C@@H](NC(=O)C1(F)CC1)C(C)(C)C)OCC.Cc1ncsc1-c1ccc(CNC(=O)[C@@H]2C[C@@H](O)CN2C(=O)[C@@H](NC(=O)C2(F)CC2)C(C)(C)C)c(O)c1. The van der Waals surface area contributed by atoms with Crippen molar-refractivity contribution in [2.24, 2.45) is 10.8 Å². The second kappa shape index (κ2) is 39.2. The second-order valence-electron chi connectivity index (χ2n) is 27.8. The van der Waals surface area contributed by atoms with Gasteiger partial charge in [0.2, 0.25) is 23.6 Å². The molecule has 2 aromatic heterocycles. The van der Waals surface area contributed by atoms with Gasteiger partial charge in [0, 0.05) is 89.6 Å². The fourth-order valence-electron chi connectivity index (χ4n) is 11.1. The number of phenolic OH excluding ortho intramolecular Hbond substituents is 1. The minimum Gasteiger partial charge on any atom is -0.508 e. The molecule has 2 aliphatic carbocycles. The molecule has 4 aliphatic rings. The number of amides is 6. The van der Waals surface area contributed by atoms with Gasteiger partial charge in [0.1, 0.15) is 35.7 Å². The molecule has 2 saturated heterocycles. The van der Waals surface area contributed by atoms with E-state index in [1.54, 1.807) is 64.7 Å². The molecule has 27 nitrogen and oxygen atoms in total. The number of carbonyl (C=O) groups is 6. The van der Waals surface area contributed by atoms with Crippen molar-refractivity contribution in [1.29, 1.82) is 0 Å². The van der Waals surface area contributed by atoms with Crippen molar-refractivity contribution in [2.45, 2.75) is 208 Å². The van der Waals surface area contributed by atoms with Gasteiger partial charge < -0.3 is 79.5 Å². The van der Waals surface area contributed by atoms with Gasteiger partial charge in [-0.2, -0.15) is 8.42 Å². The smallest absolute Gasteiger partial charge is 0.264 e. The van der Waals surface area contributed by atoms with Crippen LogP contribution in [0, 0.1) is 24.7 Å². The molecular formula is C71H106F2N8O19S3. The summed E-state index contributed by atoms with van der Waals surface area (Å²) in [6.07, 6.45) is 0.0655. The lowest BCUT2D eigenvalue weighted by Gasteiger charge is -2.35. The Hall–Kier alpha value is -6.43. The van der Waals surface area contributed by atoms with Gasteiger partial charge in [-0.15, -0.1) is 22.7 Å². The van der Waals surface area contributed by atoms with Crippen LogP contribution in [0.4, 0.5) is 8.78 Å². The molecule has 2 aliphatic heterocycles. The summed E-state index contributed by atoms with van der Waals surface area (Å²) >= 11 is 2.99. The number of aromatic hydroxyl groups is 1. The highest BCUT2D eigenvalue weighted by molar-refractivity contribution is 7.86. The number of aliphatic hydroxyl groups is 2. The van der Waals surface area contributed by atoms with E-state index in [0.717, 1.165) is 44.1 Å². The van der Waals surface area contributed by atoms with E-state index in [-0.39, 0.29) is 83.4 Å². The van der Waals surface area contributed by atoms with Crippen molar-refractivity contribution in [2.75, 3.05) is 85.4 Å². The Kier molecular flexibility index (Phi) is 32.6. The van der Waals surface area contributed by atoms with E-state index in [2.05, 4.69) is 35.4 Å². The monoisotopic (exact) mass is 1510 g/mol. The predicted octanol–water partition coefficient (Wildman–Crippen LogP) is 7.12. The van der Waals surface area contributed by atoms with Gasteiger partial charge in [-0.25, -0.2) is 18.7 Å². The highest BCUT2D eigenvalue weighted by Crippen LogP contribution is 2.42. The number of alkyl halides is 2. The molecule has 4 fully saturated rings. The minimum atomic E-state index is -3.35. The van der Waals surface area contributed by atoms with Gasteiger partial charge in [0.05, 0.1) is 83.7 Å².